The van der Waals surface area contributed by atoms with Gasteiger partial charge < -0.3 is 9.26 Å². The minimum atomic E-state index is -3.22. The summed E-state index contributed by atoms with van der Waals surface area (Å²) in [5.74, 6) is 0.463. The number of hydrogen-bond donors (Lipinski definition) is 0. The number of benzene rings is 1. The molecule has 114 valence electrons. The van der Waals surface area contributed by atoms with Crippen LogP contribution in [0.3, 0.4) is 0 Å². The van der Waals surface area contributed by atoms with Gasteiger partial charge in [-0.05, 0) is 25.1 Å². The number of aromatic nitrogens is 2. The zero-order valence-electron chi connectivity index (χ0n) is 11.2. The molecule has 0 amide bonds. The normalized spacial score (nSPS) is 13.1. The molecule has 0 saturated carbocycles. The summed E-state index contributed by atoms with van der Waals surface area (Å²) >= 11 is 9.36. The molecule has 0 aliphatic rings. The van der Waals surface area contributed by atoms with E-state index in [-0.39, 0.29) is 17.5 Å². The SMILES string of the molecule is CC(Oc1ccc(Br)cc1Cl)c1noc(CS(C)(=O)=O)n1. The Kier molecular flexibility index (Phi) is 4.90. The molecule has 6 nitrogen and oxygen atoms in total. The van der Waals surface area contributed by atoms with Crippen molar-refractivity contribution in [2.45, 2.75) is 18.8 Å². The predicted molar refractivity (Wildman–Crippen MR) is 81.0 cm³/mol. The van der Waals surface area contributed by atoms with Crippen molar-refractivity contribution < 1.29 is 17.7 Å². The van der Waals surface area contributed by atoms with Crippen molar-refractivity contribution in [2.75, 3.05) is 6.26 Å². The number of nitrogens with zero attached hydrogens (tertiary/aromatic N) is 2. The van der Waals surface area contributed by atoms with Crippen molar-refractivity contribution in [1.82, 2.24) is 10.1 Å². The van der Waals surface area contributed by atoms with Crippen molar-refractivity contribution in [3.8, 4) is 5.75 Å². The molecule has 0 saturated heterocycles. The molecule has 0 N–H and O–H groups in total. The quantitative estimate of drug-likeness (QED) is 0.773. The van der Waals surface area contributed by atoms with E-state index in [0.29, 0.717) is 10.8 Å². The first kappa shape index (κ1) is 16.3. The highest BCUT2D eigenvalue weighted by Gasteiger charge is 2.18. The predicted octanol–water partition coefficient (Wildman–Crippen LogP) is 3.17. The molecular formula is C12H12BrClN2O4S. The van der Waals surface area contributed by atoms with E-state index in [9.17, 15) is 8.42 Å². The second-order valence-corrected chi connectivity index (χ2v) is 7.91. The third kappa shape index (κ3) is 4.69. The van der Waals surface area contributed by atoms with Crippen LogP contribution < -0.4 is 4.74 Å². The summed E-state index contributed by atoms with van der Waals surface area (Å²) in [6, 6.07) is 5.20. The average molecular weight is 396 g/mol. The number of ether oxygens (including phenoxy) is 1. The average Bonchev–Trinajstić information content (AvgIpc) is 2.78. The smallest absolute Gasteiger partial charge is 0.241 e. The van der Waals surface area contributed by atoms with E-state index < -0.39 is 15.9 Å². The largest absolute Gasteiger partial charge is 0.481 e. The fourth-order valence-electron chi connectivity index (χ4n) is 1.53. The lowest BCUT2D eigenvalue weighted by Gasteiger charge is -2.12. The first-order chi connectivity index (χ1) is 9.74. The second kappa shape index (κ2) is 6.33. The highest BCUT2D eigenvalue weighted by atomic mass is 79.9. The summed E-state index contributed by atoms with van der Waals surface area (Å²) in [5.41, 5.74) is 0. The van der Waals surface area contributed by atoms with Crippen LogP contribution in [0.25, 0.3) is 0 Å². The van der Waals surface area contributed by atoms with Crippen LogP contribution in [-0.4, -0.2) is 24.8 Å². The maximum atomic E-state index is 11.2. The molecule has 1 unspecified atom stereocenters. The van der Waals surface area contributed by atoms with Gasteiger partial charge in [0, 0.05) is 10.7 Å². The minimum Gasteiger partial charge on any atom is -0.481 e. The van der Waals surface area contributed by atoms with Crippen molar-refractivity contribution in [1.29, 1.82) is 0 Å². The molecule has 0 spiro atoms. The van der Waals surface area contributed by atoms with Crippen LogP contribution in [0.1, 0.15) is 24.7 Å². The summed E-state index contributed by atoms with van der Waals surface area (Å²) in [4.78, 5) is 4.00. The van der Waals surface area contributed by atoms with Crippen LogP contribution in [0, 0.1) is 0 Å². The van der Waals surface area contributed by atoms with Crippen molar-refractivity contribution in [3.63, 3.8) is 0 Å². The molecule has 1 heterocycles. The van der Waals surface area contributed by atoms with Gasteiger partial charge in [-0.15, -0.1) is 0 Å². The van der Waals surface area contributed by atoms with Crippen LogP contribution in [0.4, 0.5) is 0 Å². The van der Waals surface area contributed by atoms with Crippen molar-refractivity contribution >= 4 is 37.4 Å². The Labute approximate surface area is 135 Å². The van der Waals surface area contributed by atoms with Crippen LogP contribution in [0.2, 0.25) is 5.02 Å². The molecule has 0 aliphatic carbocycles. The van der Waals surface area contributed by atoms with Gasteiger partial charge in [-0.25, -0.2) is 8.42 Å². The summed E-state index contributed by atoms with van der Waals surface area (Å²) in [6.07, 6.45) is 0.569. The Balaban J connectivity index is 2.11. The monoisotopic (exact) mass is 394 g/mol. The standard InChI is InChI=1S/C12H12BrClN2O4S/c1-7(19-10-4-3-8(13)5-9(10)14)12-15-11(20-16-12)6-21(2,17)18/h3-5,7H,6H2,1-2H3. The first-order valence-corrected chi connectivity index (χ1v) is 9.09. The Morgan fingerprint density at radius 2 is 2.19 bits per heavy atom. The topological polar surface area (TPSA) is 82.3 Å². The highest BCUT2D eigenvalue weighted by Crippen LogP contribution is 2.30. The fourth-order valence-corrected chi connectivity index (χ4v) is 2.81. The van der Waals surface area contributed by atoms with Crippen LogP contribution in [0.5, 0.6) is 5.75 Å². The Morgan fingerprint density at radius 3 is 2.81 bits per heavy atom. The van der Waals surface area contributed by atoms with E-state index in [1.807, 2.05) is 0 Å². The van der Waals surface area contributed by atoms with E-state index in [1.54, 1.807) is 25.1 Å². The lowest BCUT2D eigenvalue weighted by atomic mass is 10.3. The van der Waals surface area contributed by atoms with E-state index in [1.165, 1.54) is 0 Å². The molecule has 9 heteroatoms. The maximum absolute atomic E-state index is 11.2. The van der Waals surface area contributed by atoms with E-state index >= 15 is 0 Å². The van der Waals surface area contributed by atoms with Gasteiger partial charge in [0.2, 0.25) is 11.7 Å². The van der Waals surface area contributed by atoms with Crippen molar-refractivity contribution in [2.24, 2.45) is 0 Å². The fraction of sp³-hybridized carbons (Fsp3) is 0.333. The molecule has 0 bridgehead atoms. The van der Waals surface area contributed by atoms with Gasteiger partial charge in [0.05, 0.1) is 5.02 Å². The van der Waals surface area contributed by atoms with Gasteiger partial charge in [0.1, 0.15) is 11.5 Å². The van der Waals surface area contributed by atoms with Gasteiger partial charge in [-0.1, -0.05) is 32.7 Å². The van der Waals surface area contributed by atoms with Gasteiger partial charge in [-0.2, -0.15) is 4.98 Å². The molecule has 0 radical (unpaired) electrons. The molecule has 0 fully saturated rings. The van der Waals surface area contributed by atoms with Gasteiger partial charge in [0.25, 0.3) is 0 Å². The van der Waals surface area contributed by atoms with Crippen LogP contribution in [-0.2, 0) is 15.6 Å². The molecule has 1 atom stereocenters. The molecule has 1 aromatic carbocycles. The van der Waals surface area contributed by atoms with Gasteiger partial charge in [0.15, 0.2) is 15.9 Å². The van der Waals surface area contributed by atoms with Crippen molar-refractivity contribution in [3.05, 3.63) is 39.4 Å². The third-order valence-electron chi connectivity index (χ3n) is 2.43. The van der Waals surface area contributed by atoms with Gasteiger partial charge in [-0.3, -0.25) is 0 Å². The molecule has 21 heavy (non-hydrogen) atoms. The zero-order chi connectivity index (χ0) is 15.6. The number of rotatable bonds is 5. The summed E-state index contributed by atoms with van der Waals surface area (Å²) in [6.45, 7) is 1.72. The molecule has 2 aromatic rings. The highest BCUT2D eigenvalue weighted by molar-refractivity contribution is 9.10. The molecule has 0 aliphatic heterocycles. The maximum Gasteiger partial charge on any atom is 0.241 e. The van der Waals surface area contributed by atoms with Gasteiger partial charge >= 0.3 is 0 Å². The molecule has 1 aromatic heterocycles. The first-order valence-electron chi connectivity index (χ1n) is 5.86. The number of halogens is 2. The number of hydrogen-bond acceptors (Lipinski definition) is 6. The molecular weight excluding hydrogens is 384 g/mol. The Bertz CT molecular complexity index is 747. The Hall–Kier alpha value is -1.12. The second-order valence-electron chi connectivity index (χ2n) is 4.45. The third-order valence-corrected chi connectivity index (χ3v) is 3.99. The minimum absolute atomic E-state index is 0.0323. The summed E-state index contributed by atoms with van der Waals surface area (Å²) in [5, 5.41) is 4.16. The van der Waals surface area contributed by atoms with Crippen LogP contribution >= 0.6 is 27.5 Å². The van der Waals surface area contributed by atoms with Crippen LogP contribution in [0.15, 0.2) is 27.2 Å². The van der Waals surface area contributed by atoms with E-state index in [2.05, 4.69) is 26.1 Å². The summed E-state index contributed by atoms with van der Waals surface area (Å²) < 4.78 is 33.7. The number of sulfone groups is 1. The van der Waals surface area contributed by atoms with E-state index in [4.69, 9.17) is 20.9 Å². The summed E-state index contributed by atoms with van der Waals surface area (Å²) in [7, 11) is -3.22. The lowest BCUT2D eigenvalue weighted by Crippen LogP contribution is -2.06. The molecule has 2 rings (SSSR count). The zero-order valence-corrected chi connectivity index (χ0v) is 14.4. The van der Waals surface area contributed by atoms with E-state index in [0.717, 1.165) is 10.7 Å². The Morgan fingerprint density at radius 1 is 1.48 bits per heavy atom. The lowest BCUT2D eigenvalue weighted by molar-refractivity contribution is 0.211.